The van der Waals surface area contributed by atoms with Crippen molar-refractivity contribution in [2.75, 3.05) is 12.8 Å². The van der Waals surface area contributed by atoms with Crippen molar-refractivity contribution < 1.29 is 4.79 Å². The van der Waals surface area contributed by atoms with Crippen molar-refractivity contribution in [3.63, 3.8) is 0 Å². The maximum atomic E-state index is 12.7. The molecule has 1 heterocycles. The Morgan fingerprint density at radius 3 is 2.63 bits per heavy atom. The van der Waals surface area contributed by atoms with Crippen LogP contribution in [0.1, 0.15) is 29.7 Å². The molecule has 0 N–H and O–H groups in total. The van der Waals surface area contributed by atoms with Crippen LogP contribution in [0.5, 0.6) is 0 Å². The van der Waals surface area contributed by atoms with Crippen LogP contribution in [0.25, 0.3) is 5.69 Å². The molecule has 2 aromatic carbocycles. The van der Waals surface area contributed by atoms with E-state index in [1.165, 1.54) is 22.9 Å². The number of carbonyl (C=O) groups is 1. The zero-order chi connectivity index (χ0) is 19.4. The molecule has 1 atom stereocenters. The lowest BCUT2D eigenvalue weighted by atomic mass is 10.1. The van der Waals surface area contributed by atoms with Gasteiger partial charge >= 0.3 is 0 Å². The Morgan fingerprint density at radius 2 is 1.93 bits per heavy atom. The molecule has 0 radical (unpaired) electrons. The second kappa shape index (κ2) is 8.44. The number of carbonyl (C=O) groups excluding carboxylic acids is 1. The van der Waals surface area contributed by atoms with Crippen LogP contribution >= 0.6 is 11.8 Å². The van der Waals surface area contributed by atoms with E-state index < -0.39 is 0 Å². The van der Waals surface area contributed by atoms with Gasteiger partial charge in [0.15, 0.2) is 5.16 Å². The summed E-state index contributed by atoms with van der Waals surface area (Å²) in [6.45, 7) is 6.23. The second-order valence-electron chi connectivity index (χ2n) is 6.75. The summed E-state index contributed by atoms with van der Waals surface area (Å²) in [5, 5.41) is 0.830. The Bertz CT molecular complexity index is 920. The minimum Gasteiger partial charge on any atom is -0.338 e. The lowest BCUT2D eigenvalue weighted by molar-refractivity contribution is -0.128. The molecule has 0 fully saturated rings. The summed E-state index contributed by atoms with van der Waals surface area (Å²) in [6.07, 6.45) is 3.73. The number of hydrogen-bond donors (Lipinski definition) is 0. The molecule has 3 rings (SSSR count). The van der Waals surface area contributed by atoms with Crippen LogP contribution in [0, 0.1) is 13.8 Å². The smallest absolute Gasteiger partial charge is 0.233 e. The molecular formula is C22H25N3OS. The number of hydrogen-bond acceptors (Lipinski definition) is 3. The molecule has 27 heavy (non-hydrogen) atoms. The highest BCUT2D eigenvalue weighted by molar-refractivity contribution is 7.99. The van der Waals surface area contributed by atoms with E-state index in [2.05, 4.69) is 56.1 Å². The average Bonchev–Trinajstić information content (AvgIpc) is 3.14. The average molecular weight is 380 g/mol. The van der Waals surface area contributed by atoms with Crippen molar-refractivity contribution in [2.45, 2.75) is 32.0 Å². The van der Waals surface area contributed by atoms with Gasteiger partial charge in [-0.3, -0.25) is 9.36 Å². The second-order valence-corrected chi connectivity index (χ2v) is 7.69. The van der Waals surface area contributed by atoms with Crippen LogP contribution < -0.4 is 0 Å². The first kappa shape index (κ1) is 19.2. The van der Waals surface area contributed by atoms with Gasteiger partial charge < -0.3 is 4.90 Å². The largest absolute Gasteiger partial charge is 0.338 e. The quantitative estimate of drug-likeness (QED) is 0.577. The summed E-state index contributed by atoms with van der Waals surface area (Å²) in [4.78, 5) is 18.9. The molecule has 4 nitrogen and oxygen atoms in total. The molecule has 5 heteroatoms. The zero-order valence-electron chi connectivity index (χ0n) is 16.2. The molecule has 140 valence electrons. The van der Waals surface area contributed by atoms with Gasteiger partial charge in [-0.05, 0) is 38.0 Å². The minimum absolute atomic E-state index is 0.0402. The van der Waals surface area contributed by atoms with E-state index in [4.69, 9.17) is 0 Å². The fourth-order valence-corrected chi connectivity index (χ4v) is 3.94. The first-order valence-corrected chi connectivity index (χ1v) is 10.0. The van der Waals surface area contributed by atoms with Crippen LogP contribution in [0.2, 0.25) is 0 Å². The monoisotopic (exact) mass is 379 g/mol. The van der Waals surface area contributed by atoms with Crippen LogP contribution in [-0.4, -0.2) is 33.2 Å². The molecule has 1 aromatic heterocycles. The van der Waals surface area contributed by atoms with Crippen molar-refractivity contribution in [3.05, 3.63) is 77.6 Å². The van der Waals surface area contributed by atoms with E-state index in [0.717, 1.165) is 16.4 Å². The Balaban J connectivity index is 1.69. The molecular weight excluding hydrogens is 354 g/mol. The Hall–Kier alpha value is -2.53. The van der Waals surface area contributed by atoms with Crippen molar-refractivity contribution >= 4 is 17.7 Å². The number of imidazole rings is 1. The number of amides is 1. The molecule has 0 saturated carbocycles. The lowest BCUT2D eigenvalue weighted by Crippen LogP contribution is -2.31. The molecule has 0 saturated heterocycles. The molecule has 3 aromatic rings. The van der Waals surface area contributed by atoms with Gasteiger partial charge in [0.1, 0.15) is 0 Å². The predicted molar refractivity (Wildman–Crippen MR) is 111 cm³/mol. The van der Waals surface area contributed by atoms with E-state index in [1.54, 1.807) is 11.1 Å². The van der Waals surface area contributed by atoms with Crippen molar-refractivity contribution in [1.82, 2.24) is 14.5 Å². The van der Waals surface area contributed by atoms with E-state index in [1.807, 2.05) is 36.0 Å². The van der Waals surface area contributed by atoms with Crippen molar-refractivity contribution in [3.8, 4) is 5.69 Å². The molecule has 0 aliphatic carbocycles. The number of rotatable bonds is 6. The fraction of sp³-hybridized carbons (Fsp3) is 0.273. The van der Waals surface area contributed by atoms with Crippen LogP contribution in [-0.2, 0) is 4.79 Å². The highest BCUT2D eigenvalue weighted by Crippen LogP contribution is 2.25. The van der Waals surface area contributed by atoms with Gasteiger partial charge in [-0.1, -0.05) is 59.8 Å². The Kier molecular flexibility index (Phi) is 6.01. The number of thioether (sulfide) groups is 1. The minimum atomic E-state index is 0.0402. The third kappa shape index (κ3) is 4.42. The molecule has 0 aliphatic heterocycles. The number of aromatic nitrogens is 2. The van der Waals surface area contributed by atoms with E-state index >= 15 is 0 Å². The molecule has 0 aliphatic rings. The number of aryl methyl sites for hydroxylation is 2. The van der Waals surface area contributed by atoms with Gasteiger partial charge in [-0.15, -0.1) is 0 Å². The standard InChI is InChI=1S/C22H25N3OS/c1-16-10-11-20(17(2)14-16)25-13-12-23-22(25)27-15-21(26)24(4)18(3)19-8-6-5-7-9-19/h5-14,18H,15H2,1-4H3. The van der Waals surface area contributed by atoms with Crippen LogP contribution in [0.15, 0.2) is 66.1 Å². The highest BCUT2D eigenvalue weighted by atomic mass is 32.2. The summed E-state index contributed by atoms with van der Waals surface area (Å²) in [5.41, 5.74) is 4.66. The van der Waals surface area contributed by atoms with Gasteiger partial charge in [0.25, 0.3) is 0 Å². The van der Waals surface area contributed by atoms with Gasteiger partial charge in [0.2, 0.25) is 5.91 Å². The topological polar surface area (TPSA) is 38.1 Å². The van der Waals surface area contributed by atoms with Crippen LogP contribution in [0.3, 0.4) is 0 Å². The summed E-state index contributed by atoms with van der Waals surface area (Å²) in [6, 6.07) is 16.5. The maximum absolute atomic E-state index is 12.7. The summed E-state index contributed by atoms with van der Waals surface area (Å²) in [7, 11) is 1.86. The predicted octanol–water partition coefficient (Wildman–Crippen LogP) is 4.80. The third-order valence-corrected chi connectivity index (χ3v) is 5.75. The van der Waals surface area contributed by atoms with E-state index in [-0.39, 0.29) is 11.9 Å². The number of benzene rings is 2. The molecule has 0 spiro atoms. The fourth-order valence-electron chi connectivity index (χ4n) is 3.05. The highest BCUT2D eigenvalue weighted by Gasteiger charge is 2.18. The van der Waals surface area contributed by atoms with Gasteiger partial charge in [-0.25, -0.2) is 4.98 Å². The van der Waals surface area contributed by atoms with Crippen molar-refractivity contribution in [2.24, 2.45) is 0 Å². The first-order chi connectivity index (χ1) is 13.0. The Morgan fingerprint density at radius 1 is 1.19 bits per heavy atom. The van der Waals surface area contributed by atoms with Gasteiger partial charge in [0, 0.05) is 19.4 Å². The summed E-state index contributed by atoms with van der Waals surface area (Å²) < 4.78 is 2.05. The van der Waals surface area contributed by atoms with Crippen molar-refractivity contribution in [1.29, 1.82) is 0 Å². The maximum Gasteiger partial charge on any atom is 0.233 e. The summed E-state index contributed by atoms with van der Waals surface area (Å²) in [5.74, 6) is 0.446. The molecule has 1 unspecified atom stereocenters. The number of nitrogens with zero attached hydrogens (tertiary/aromatic N) is 3. The first-order valence-electron chi connectivity index (χ1n) is 9.01. The van der Waals surface area contributed by atoms with E-state index in [9.17, 15) is 4.79 Å². The Labute approximate surface area is 165 Å². The SMILES string of the molecule is Cc1ccc(-n2ccnc2SCC(=O)N(C)C(C)c2ccccc2)c(C)c1. The van der Waals surface area contributed by atoms with Crippen LogP contribution in [0.4, 0.5) is 0 Å². The van der Waals surface area contributed by atoms with Gasteiger partial charge in [0.05, 0.1) is 17.5 Å². The summed E-state index contributed by atoms with van der Waals surface area (Å²) >= 11 is 1.47. The molecule has 1 amide bonds. The third-order valence-electron chi connectivity index (χ3n) is 4.80. The zero-order valence-corrected chi connectivity index (χ0v) is 17.0. The van der Waals surface area contributed by atoms with E-state index in [0.29, 0.717) is 5.75 Å². The normalized spacial score (nSPS) is 12.0. The molecule has 0 bridgehead atoms. The lowest BCUT2D eigenvalue weighted by Gasteiger charge is -2.25. The van der Waals surface area contributed by atoms with Gasteiger partial charge in [-0.2, -0.15) is 0 Å².